The zero-order chi connectivity index (χ0) is 22.6. The molecule has 31 heavy (non-hydrogen) atoms. The van der Waals surface area contributed by atoms with E-state index in [2.05, 4.69) is 15.0 Å². The second-order valence-corrected chi connectivity index (χ2v) is 10.7. The molecule has 1 amide bonds. The molecule has 6 nitrogen and oxygen atoms in total. The fourth-order valence-corrected chi connectivity index (χ4v) is 5.07. The summed E-state index contributed by atoms with van der Waals surface area (Å²) in [7, 11) is -3.65. The van der Waals surface area contributed by atoms with E-state index in [0.29, 0.717) is 11.6 Å². The third-order valence-corrected chi connectivity index (χ3v) is 7.51. The van der Waals surface area contributed by atoms with E-state index in [1.807, 2.05) is 45.0 Å². The molecule has 0 saturated carbocycles. The van der Waals surface area contributed by atoms with Gasteiger partial charge in [0.15, 0.2) is 0 Å². The van der Waals surface area contributed by atoms with Crippen LogP contribution >= 0.6 is 22.9 Å². The predicted molar refractivity (Wildman–Crippen MR) is 125 cm³/mol. The molecule has 0 aliphatic rings. The average molecular weight is 478 g/mol. The Labute approximate surface area is 191 Å². The summed E-state index contributed by atoms with van der Waals surface area (Å²) in [4.78, 5) is 18.0. The third kappa shape index (κ3) is 6.13. The number of aryl methyl sites for hydroxylation is 3. The summed E-state index contributed by atoms with van der Waals surface area (Å²) in [6.07, 6.45) is 0.0402. The first kappa shape index (κ1) is 23.4. The SMILES string of the molecule is Cc1ccc(S(=O)(=O)NCCC(=O)NCc2nc(-c3ccc(Cl)cc3)c(C)s2)cc1C. The summed E-state index contributed by atoms with van der Waals surface area (Å²) in [5, 5.41) is 4.24. The summed E-state index contributed by atoms with van der Waals surface area (Å²) in [5.41, 5.74) is 3.76. The van der Waals surface area contributed by atoms with E-state index < -0.39 is 10.0 Å². The monoisotopic (exact) mass is 477 g/mol. The molecule has 0 spiro atoms. The smallest absolute Gasteiger partial charge is 0.240 e. The molecule has 0 bridgehead atoms. The number of hydrogen-bond acceptors (Lipinski definition) is 5. The number of halogens is 1. The van der Waals surface area contributed by atoms with Crippen LogP contribution in [0.5, 0.6) is 0 Å². The van der Waals surface area contributed by atoms with E-state index in [1.54, 1.807) is 18.2 Å². The van der Waals surface area contributed by atoms with Gasteiger partial charge in [0.1, 0.15) is 5.01 Å². The highest BCUT2D eigenvalue weighted by molar-refractivity contribution is 7.89. The van der Waals surface area contributed by atoms with Crippen LogP contribution in [-0.2, 0) is 21.4 Å². The lowest BCUT2D eigenvalue weighted by atomic mass is 10.1. The summed E-state index contributed by atoms with van der Waals surface area (Å²) < 4.78 is 27.3. The summed E-state index contributed by atoms with van der Waals surface area (Å²) in [5.74, 6) is -0.247. The highest BCUT2D eigenvalue weighted by Gasteiger charge is 2.15. The molecule has 0 aliphatic heterocycles. The van der Waals surface area contributed by atoms with Crippen LogP contribution in [0.15, 0.2) is 47.4 Å². The van der Waals surface area contributed by atoms with Crippen molar-refractivity contribution in [2.75, 3.05) is 6.54 Å². The number of carbonyl (C=O) groups excluding carboxylic acids is 1. The average Bonchev–Trinajstić information content (AvgIpc) is 3.09. The van der Waals surface area contributed by atoms with Crippen LogP contribution in [0.3, 0.4) is 0 Å². The predicted octanol–water partition coefficient (Wildman–Crippen LogP) is 4.37. The van der Waals surface area contributed by atoms with Crippen molar-refractivity contribution in [3.63, 3.8) is 0 Å². The largest absolute Gasteiger partial charge is 0.350 e. The van der Waals surface area contributed by atoms with E-state index >= 15 is 0 Å². The van der Waals surface area contributed by atoms with Gasteiger partial charge in [0.05, 0.1) is 17.1 Å². The number of nitrogens with one attached hydrogen (secondary N) is 2. The van der Waals surface area contributed by atoms with Crippen molar-refractivity contribution in [3.05, 3.63) is 68.5 Å². The van der Waals surface area contributed by atoms with Crippen LogP contribution in [0.25, 0.3) is 11.3 Å². The van der Waals surface area contributed by atoms with Gasteiger partial charge in [0.25, 0.3) is 0 Å². The maximum absolute atomic E-state index is 12.4. The van der Waals surface area contributed by atoms with Crippen LogP contribution in [0.1, 0.15) is 27.4 Å². The second-order valence-electron chi connectivity index (χ2n) is 7.19. The minimum atomic E-state index is -3.65. The van der Waals surface area contributed by atoms with Crippen molar-refractivity contribution in [2.24, 2.45) is 0 Å². The maximum Gasteiger partial charge on any atom is 0.240 e. The Hall–Kier alpha value is -2.26. The summed E-state index contributed by atoms with van der Waals surface area (Å²) in [6.45, 7) is 6.08. The molecule has 0 fully saturated rings. The summed E-state index contributed by atoms with van der Waals surface area (Å²) in [6, 6.07) is 12.4. The van der Waals surface area contributed by atoms with E-state index in [0.717, 1.165) is 32.3 Å². The zero-order valence-electron chi connectivity index (χ0n) is 17.5. The Morgan fingerprint density at radius 3 is 2.45 bits per heavy atom. The molecular weight excluding hydrogens is 454 g/mol. The fourth-order valence-electron chi connectivity index (χ4n) is 2.93. The Balaban J connectivity index is 1.51. The number of sulfonamides is 1. The Bertz CT molecular complexity index is 1190. The molecule has 0 unspecified atom stereocenters. The van der Waals surface area contributed by atoms with Gasteiger partial charge in [-0.15, -0.1) is 11.3 Å². The molecule has 164 valence electrons. The number of rotatable bonds is 8. The Morgan fingerprint density at radius 2 is 1.77 bits per heavy atom. The fraction of sp³-hybridized carbons (Fsp3) is 0.273. The molecule has 0 aliphatic carbocycles. The summed E-state index contributed by atoms with van der Waals surface area (Å²) >= 11 is 7.45. The van der Waals surface area contributed by atoms with Gasteiger partial charge >= 0.3 is 0 Å². The highest BCUT2D eigenvalue weighted by atomic mass is 35.5. The minimum Gasteiger partial charge on any atom is -0.350 e. The van der Waals surface area contributed by atoms with Crippen molar-refractivity contribution < 1.29 is 13.2 Å². The van der Waals surface area contributed by atoms with E-state index in [9.17, 15) is 13.2 Å². The first-order valence-electron chi connectivity index (χ1n) is 9.71. The Kier molecular flexibility index (Phi) is 7.48. The van der Waals surface area contributed by atoms with Crippen LogP contribution in [0.4, 0.5) is 0 Å². The van der Waals surface area contributed by atoms with Crippen molar-refractivity contribution in [1.82, 2.24) is 15.0 Å². The standard InChI is InChI=1S/C22H24ClN3O3S2/c1-14-4-9-19(12-15(14)2)31(28,29)25-11-10-20(27)24-13-21-26-22(16(3)30-21)17-5-7-18(23)8-6-17/h4-9,12,25H,10-11,13H2,1-3H3,(H,24,27). The van der Waals surface area contributed by atoms with Crippen LogP contribution in [0, 0.1) is 20.8 Å². The first-order chi connectivity index (χ1) is 14.7. The maximum atomic E-state index is 12.4. The third-order valence-electron chi connectivity index (χ3n) is 4.83. The Morgan fingerprint density at radius 1 is 1.06 bits per heavy atom. The van der Waals surface area contributed by atoms with E-state index in [4.69, 9.17) is 11.6 Å². The molecule has 0 atom stereocenters. The van der Waals surface area contributed by atoms with Gasteiger partial charge in [-0.1, -0.05) is 29.8 Å². The second kappa shape index (κ2) is 9.91. The van der Waals surface area contributed by atoms with Crippen molar-refractivity contribution >= 4 is 38.9 Å². The van der Waals surface area contributed by atoms with Gasteiger partial charge in [-0.2, -0.15) is 0 Å². The van der Waals surface area contributed by atoms with Crippen LogP contribution in [-0.4, -0.2) is 25.9 Å². The number of hydrogen-bond donors (Lipinski definition) is 2. The molecule has 1 aromatic heterocycles. The van der Waals surface area contributed by atoms with Gasteiger partial charge in [-0.05, 0) is 56.2 Å². The number of aromatic nitrogens is 1. The lowest BCUT2D eigenvalue weighted by Gasteiger charge is -2.09. The van der Waals surface area contributed by atoms with Crippen LogP contribution < -0.4 is 10.0 Å². The minimum absolute atomic E-state index is 0.0218. The number of carbonyl (C=O) groups is 1. The molecule has 0 saturated heterocycles. The molecule has 3 rings (SSSR count). The van der Waals surface area contributed by atoms with E-state index in [1.165, 1.54) is 11.3 Å². The normalized spacial score (nSPS) is 11.5. The first-order valence-corrected chi connectivity index (χ1v) is 12.4. The van der Waals surface area contributed by atoms with Crippen molar-refractivity contribution in [1.29, 1.82) is 0 Å². The lowest BCUT2D eigenvalue weighted by Crippen LogP contribution is -2.30. The lowest BCUT2D eigenvalue weighted by molar-refractivity contribution is -0.121. The van der Waals surface area contributed by atoms with Gasteiger partial charge in [0, 0.05) is 28.4 Å². The van der Waals surface area contributed by atoms with Gasteiger partial charge in [0.2, 0.25) is 15.9 Å². The molecule has 2 aromatic carbocycles. The zero-order valence-corrected chi connectivity index (χ0v) is 19.9. The number of thiazole rings is 1. The topological polar surface area (TPSA) is 88.2 Å². The molecule has 0 radical (unpaired) electrons. The van der Waals surface area contributed by atoms with Crippen molar-refractivity contribution in [2.45, 2.75) is 38.6 Å². The molecule has 9 heteroatoms. The van der Waals surface area contributed by atoms with E-state index in [-0.39, 0.29) is 23.8 Å². The number of amides is 1. The number of nitrogens with zero attached hydrogens (tertiary/aromatic N) is 1. The molecule has 3 aromatic rings. The quantitative estimate of drug-likeness (QED) is 0.504. The molecular formula is C22H24ClN3O3S2. The van der Waals surface area contributed by atoms with Gasteiger partial charge in [-0.25, -0.2) is 18.1 Å². The highest BCUT2D eigenvalue weighted by Crippen LogP contribution is 2.28. The number of benzene rings is 2. The van der Waals surface area contributed by atoms with Gasteiger partial charge < -0.3 is 5.32 Å². The van der Waals surface area contributed by atoms with Crippen molar-refractivity contribution in [3.8, 4) is 11.3 Å². The molecule has 2 N–H and O–H groups in total. The van der Waals surface area contributed by atoms with Crippen LogP contribution in [0.2, 0.25) is 5.02 Å². The van der Waals surface area contributed by atoms with Gasteiger partial charge in [-0.3, -0.25) is 4.79 Å². The molecule has 1 heterocycles.